The number of hydrogen-bond acceptors (Lipinski definition) is 3. The first-order valence-electron chi connectivity index (χ1n) is 8.07. The zero-order chi connectivity index (χ0) is 18.2. The molecule has 0 saturated heterocycles. The van der Waals surface area contributed by atoms with Crippen molar-refractivity contribution in [2.45, 2.75) is 13.3 Å². The van der Waals surface area contributed by atoms with Crippen LogP contribution >= 0.6 is 23.2 Å². The number of likely N-dealkylation sites (N-methyl/N-ethyl adjacent to an activating group) is 1. The lowest BCUT2D eigenvalue weighted by atomic mass is 10.2. The summed E-state index contributed by atoms with van der Waals surface area (Å²) in [6, 6.07) is 13.1. The number of halogens is 2. The molecule has 134 valence electrons. The van der Waals surface area contributed by atoms with Crippen LogP contribution in [0.15, 0.2) is 42.5 Å². The molecule has 2 rings (SSSR count). The maximum absolute atomic E-state index is 12.1. The van der Waals surface area contributed by atoms with Crippen LogP contribution in [0.2, 0.25) is 10.0 Å². The molecule has 0 aliphatic carbocycles. The van der Waals surface area contributed by atoms with Crippen LogP contribution in [-0.4, -0.2) is 37.6 Å². The third-order valence-electron chi connectivity index (χ3n) is 3.68. The molecule has 0 aliphatic heterocycles. The van der Waals surface area contributed by atoms with Gasteiger partial charge in [0.2, 0.25) is 5.91 Å². The summed E-state index contributed by atoms with van der Waals surface area (Å²) in [6.07, 6.45) is 0.350. The van der Waals surface area contributed by atoms with Crippen LogP contribution in [0.5, 0.6) is 5.75 Å². The Labute approximate surface area is 158 Å². The van der Waals surface area contributed by atoms with E-state index in [4.69, 9.17) is 27.9 Å². The average Bonchev–Trinajstić information content (AvgIpc) is 2.56. The molecular formula is C19H22Cl2N2O2. The standard InChI is InChI=1S/C19H22Cl2N2O2/c1-14-5-3-6-15(13-14)25-12-11-23(2)10-9-18(24)22-19-16(20)7-4-8-17(19)21/h3-8,13H,9-12H2,1-2H3,(H,22,24). The minimum Gasteiger partial charge on any atom is -0.492 e. The molecule has 0 heterocycles. The molecule has 0 unspecified atom stereocenters. The first kappa shape index (κ1) is 19.6. The van der Waals surface area contributed by atoms with E-state index in [1.54, 1.807) is 18.2 Å². The molecule has 0 bridgehead atoms. The fraction of sp³-hybridized carbons (Fsp3) is 0.316. The smallest absolute Gasteiger partial charge is 0.225 e. The number of carbonyl (C=O) groups excluding carboxylic acids is 1. The number of para-hydroxylation sites is 1. The van der Waals surface area contributed by atoms with Crippen LogP contribution in [0.4, 0.5) is 5.69 Å². The predicted octanol–water partition coefficient (Wildman–Crippen LogP) is 4.64. The lowest BCUT2D eigenvalue weighted by molar-refractivity contribution is -0.116. The van der Waals surface area contributed by atoms with Crippen molar-refractivity contribution in [2.24, 2.45) is 0 Å². The van der Waals surface area contributed by atoms with E-state index in [9.17, 15) is 4.79 Å². The summed E-state index contributed by atoms with van der Waals surface area (Å²) in [6.45, 7) is 3.94. The van der Waals surface area contributed by atoms with Gasteiger partial charge in [0.25, 0.3) is 0 Å². The van der Waals surface area contributed by atoms with Gasteiger partial charge in [-0.2, -0.15) is 0 Å². The molecule has 2 aromatic rings. The van der Waals surface area contributed by atoms with Crippen LogP contribution in [0.25, 0.3) is 0 Å². The molecule has 0 spiro atoms. The zero-order valence-corrected chi connectivity index (χ0v) is 15.9. The number of aryl methyl sites for hydroxylation is 1. The van der Waals surface area contributed by atoms with E-state index in [2.05, 4.69) is 5.32 Å². The SMILES string of the molecule is Cc1cccc(OCCN(C)CCC(=O)Nc2c(Cl)cccc2Cl)c1. The molecule has 0 aliphatic rings. The summed E-state index contributed by atoms with van der Waals surface area (Å²) in [5.74, 6) is 0.737. The molecule has 0 fully saturated rings. The van der Waals surface area contributed by atoms with Crippen molar-refractivity contribution in [3.8, 4) is 5.75 Å². The number of benzene rings is 2. The summed E-state index contributed by atoms with van der Waals surface area (Å²) in [4.78, 5) is 14.1. The molecular weight excluding hydrogens is 359 g/mol. The van der Waals surface area contributed by atoms with Gasteiger partial charge in [-0.05, 0) is 43.8 Å². The van der Waals surface area contributed by atoms with Crippen molar-refractivity contribution in [3.05, 3.63) is 58.1 Å². The van der Waals surface area contributed by atoms with Gasteiger partial charge in [-0.15, -0.1) is 0 Å². The summed E-state index contributed by atoms with van der Waals surface area (Å²) in [7, 11) is 1.95. The fourth-order valence-electron chi connectivity index (χ4n) is 2.25. The van der Waals surface area contributed by atoms with E-state index in [0.29, 0.717) is 35.3 Å². The van der Waals surface area contributed by atoms with Crippen molar-refractivity contribution in [2.75, 3.05) is 32.1 Å². The number of rotatable bonds is 8. The number of hydrogen-bond donors (Lipinski definition) is 1. The Kier molecular flexibility index (Phi) is 7.56. The Hall–Kier alpha value is -1.75. The molecule has 6 heteroatoms. The summed E-state index contributed by atoms with van der Waals surface area (Å²) >= 11 is 12.1. The number of ether oxygens (including phenoxy) is 1. The molecule has 2 aromatic carbocycles. The van der Waals surface area contributed by atoms with E-state index in [1.807, 2.05) is 43.1 Å². The van der Waals surface area contributed by atoms with Gasteiger partial charge < -0.3 is 15.0 Å². The third kappa shape index (κ3) is 6.58. The molecule has 0 atom stereocenters. The minimum absolute atomic E-state index is 0.124. The van der Waals surface area contributed by atoms with Crippen molar-refractivity contribution >= 4 is 34.8 Å². The Bertz CT molecular complexity index is 702. The van der Waals surface area contributed by atoms with Crippen molar-refractivity contribution in [3.63, 3.8) is 0 Å². The number of anilines is 1. The minimum atomic E-state index is -0.124. The van der Waals surface area contributed by atoms with Crippen LogP contribution in [0, 0.1) is 6.92 Å². The average molecular weight is 381 g/mol. The van der Waals surface area contributed by atoms with Crippen LogP contribution in [0.1, 0.15) is 12.0 Å². The zero-order valence-electron chi connectivity index (χ0n) is 14.4. The molecule has 1 N–H and O–H groups in total. The quantitative estimate of drug-likeness (QED) is 0.724. The Balaban J connectivity index is 1.70. The van der Waals surface area contributed by atoms with Gasteiger partial charge in [-0.25, -0.2) is 0 Å². The largest absolute Gasteiger partial charge is 0.492 e. The van der Waals surface area contributed by atoms with Crippen LogP contribution < -0.4 is 10.1 Å². The topological polar surface area (TPSA) is 41.6 Å². The van der Waals surface area contributed by atoms with Crippen molar-refractivity contribution < 1.29 is 9.53 Å². The normalized spacial score (nSPS) is 10.8. The highest BCUT2D eigenvalue weighted by Gasteiger charge is 2.10. The van der Waals surface area contributed by atoms with Crippen molar-refractivity contribution in [1.82, 2.24) is 4.90 Å². The van der Waals surface area contributed by atoms with Gasteiger partial charge in [0, 0.05) is 19.5 Å². The van der Waals surface area contributed by atoms with Gasteiger partial charge in [0.15, 0.2) is 0 Å². The Morgan fingerprint density at radius 1 is 1.12 bits per heavy atom. The molecule has 0 saturated carbocycles. The van der Waals surface area contributed by atoms with E-state index in [0.717, 1.165) is 12.3 Å². The first-order valence-corrected chi connectivity index (χ1v) is 8.83. The highest BCUT2D eigenvalue weighted by atomic mass is 35.5. The maximum atomic E-state index is 12.1. The van der Waals surface area contributed by atoms with Crippen LogP contribution in [0.3, 0.4) is 0 Å². The van der Waals surface area contributed by atoms with Crippen molar-refractivity contribution in [1.29, 1.82) is 0 Å². The number of nitrogens with one attached hydrogen (secondary N) is 1. The summed E-state index contributed by atoms with van der Waals surface area (Å²) in [5.41, 5.74) is 1.63. The van der Waals surface area contributed by atoms with E-state index in [1.165, 1.54) is 5.56 Å². The molecule has 1 amide bonds. The van der Waals surface area contributed by atoms with Gasteiger partial charge in [0.05, 0.1) is 15.7 Å². The first-order chi connectivity index (χ1) is 12.0. The van der Waals surface area contributed by atoms with E-state index >= 15 is 0 Å². The number of carbonyl (C=O) groups is 1. The second-order valence-corrected chi connectivity index (χ2v) is 6.68. The van der Waals surface area contributed by atoms with E-state index in [-0.39, 0.29) is 5.91 Å². The highest BCUT2D eigenvalue weighted by molar-refractivity contribution is 6.39. The predicted molar refractivity (Wildman–Crippen MR) is 104 cm³/mol. The monoisotopic (exact) mass is 380 g/mol. The molecule has 0 aromatic heterocycles. The highest BCUT2D eigenvalue weighted by Crippen LogP contribution is 2.29. The fourth-order valence-corrected chi connectivity index (χ4v) is 2.74. The molecule has 4 nitrogen and oxygen atoms in total. The van der Waals surface area contributed by atoms with Gasteiger partial charge >= 0.3 is 0 Å². The summed E-state index contributed by atoms with van der Waals surface area (Å²) < 4.78 is 5.71. The van der Waals surface area contributed by atoms with Crippen LogP contribution in [-0.2, 0) is 4.79 Å². The second kappa shape index (κ2) is 9.66. The number of nitrogens with zero attached hydrogens (tertiary/aromatic N) is 1. The Morgan fingerprint density at radius 2 is 1.80 bits per heavy atom. The molecule has 25 heavy (non-hydrogen) atoms. The lowest BCUT2D eigenvalue weighted by Crippen LogP contribution is -2.28. The third-order valence-corrected chi connectivity index (χ3v) is 4.31. The Morgan fingerprint density at radius 3 is 2.48 bits per heavy atom. The van der Waals surface area contributed by atoms with Gasteiger partial charge in [-0.3, -0.25) is 4.79 Å². The lowest BCUT2D eigenvalue weighted by Gasteiger charge is -2.17. The maximum Gasteiger partial charge on any atom is 0.225 e. The summed E-state index contributed by atoms with van der Waals surface area (Å²) in [5, 5.41) is 3.62. The van der Waals surface area contributed by atoms with Gasteiger partial charge in [0.1, 0.15) is 12.4 Å². The molecule has 0 radical (unpaired) electrons. The second-order valence-electron chi connectivity index (χ2n) is 5.86. The van der Waals surface area contributed by atoms with Gasteiger partial charge in [-0.1, -0.05) is 41.4 Å². The number of amides is 1. The van der Waals surface area contributed by atoms with E-state index < -0.39 is 0 Å².